The zero-order chi connectivity index (χ0) is 20.8. The zero-order valence-corrected chi connectivity index (χ0v) is 17.1. The van der Waals surface area contributed by atoms with Gasteiger partial charge in [0.05, 0.1) is 17.2 Å². The van der Waals surface area contributed by atoms with Crippen LogP contribution in [0.25, 0.3) is 12.2 Å². The molecule has 0 unspecified atom stereocenters. The number of carbonyl (C=O) groups is 2. The van der Waals surface area contributed by atoms with E-state index in [0.717, 1.165) is 11.3 Å². The molecule has 144 valence electrons. The summed E-state index contributed by atoms with van der Waals surface area (Å²) in [5, 5.41) is 9.12. The molecule has 0 spiro atoms. The first-order valence-electron chi connectivity index (χ1n) is 8.75. The number of thiocarbonyl (C=S) groups is 1. The summed E-state index contributed by atoms with van der Waals surface area (Å²) in [6.45, 7) is 1.89. The van der Waals surface area contributed by atoms with Crippen LogP contribution in [0.4, 0.5) is 5.69 Å². The molecule has 1 saturated heterocycles. The van der Waals surface area contributed by atoms with Crippen LogP contribution in [0.1, 0.15) is 18.1 Å². The van der Waals surface area contributed by atoms with E-state index < -0.39 is 5.97 Å². The van der Waals surface area contributed by atoms with Gasteiger partial charge in [0.2, 0.25) is 0 Å². The number of anilines is 1. The first-order valence-corrected chi connectivity index (χ1v) is 9.98. The van der Waals surface area contributed by atoms with Gasteiger partial charge in [-0.1, -0.05) is 66.4 Å². The van der Waals surface area contributed by atoms with Gasteiger partial charge in [-0.3, -0.25) is 9.69 Å². The van der Waals surface area contributed by atoms with Gasteiger partial charge < -0.3 is 4.74 Å². The number of nitrogens with zero attached hydrogens (tertiary/aromatic N) is 2. The van der Waals surface area contributed by atoms with E-state index in [4.69, 9.17) is 22.2 Å². The number of ether oxygens (including phenoxy) is 1. The standard InChI is InChI=1S/C22H16N2O3S2/c1-2-27-21(26)17(14-23)12-15-8-10-16(11-9-15)13-19-20(25)24(22(28)29-19)18-6-4-3-5-7-18/h3-13H,2H2,1H3/b17-12+,19-13+. The van der Waals surface area contributed by atoms with Crippen molar-refractivity contribution in [1.82, 2.24) is 0 Å². The number of thioether (sulfide) groups is 1. The first-order chi connectivity index (χ1) is 14.0. The SMILES string of the molecule is CCOC(=O)/C(C#N)=C/c1ccc(/C=C2/SC(=S)N(c3ccccc3)C2=O)cc1. The largest absolute Gasteiger partial charge is 0.462 e. The second kappa shape index (κ2) is 9.32. The first kappa shape index (κ1) is 20.5. The van der Waals surface area contributed by atoms with E-state index in [0.29, 0.717) is 14.8 Å². The Kier molecular flexibility index (Phi) is 6.60. The molecule has 1 aliphatic rings. The molecule has 0 aromatic heterocycles. The number of carbonyl (C=O) groups excluding carboxylic acids is 2. The van der Waals surface area contributed by atoms with Gasteiger partial charge in [0.15, 0.2) is 4.32 Å². The molecule has 1 aliphatic heterocycles. The van der Waals surface area contributed by atoms with Crippen LogP contribution in [-0.2, 0) is 14.3 Å². The van der Waals surface area contributed by atoms with Gasteiger partial charge in [-0.25, -0.2) is 4.79 Å². The minimum Gasteiger partial charge on any atom is -0.462 e. The highest BCUT2D eigenvalue weighted by Crippen LogP contribution is 2.35. The second-order valence-electron chi connectivity index (χ2n) is 5.91. The minimum atomic E-state index is -0.649. The Balaban J connectivity index is 1.80. The van der Waals surface area contributed by atoms with E-state index in [9.17, 15) is 9.59 Å². The molecule has 29 heavy (non-hydrogen) atoms. The van der Waals surface area contributed by atoms with Crippen LogP contribution in [0.15, 0.2) is 65.1 Å². The molecular weight excluding hydrogens is 404 g/mol. The third-order valence-corrected chi connectivity index (χ3v) is 5.27. The molecular formula is C22H16N2O3S2. The van der Waals surface area contributed by atoms with Crippen LogP contribution < -0.4 is 4.90 Å². The second-order valence-corrected chi connectivity index (χ2v) is 7.59. The molecule has 2 aromatic rings. The van der Waals surface area contributed by atoms with E-state index in [-0.39, 0.29) is 18.1 Å². The van der Waals surface area contributed by atoms with Crippen molar-refractivity contribution >= 4 is 58.0 Å². The number of esters is 1. The fraction of sp³-hybridized carbons (Fsp3) is 0.0909. The summed E-state index contributed by atoms with van der Waals surface area (Å²) >= 11 is 6.62. The Morgan fingerprint density at radius 3 is 2.45 bits per heavy atom. The molecule has 3 rings (SSSR count). The number of nitriles is 1. The highest BCUT2D eigenvalue weighted by atomic mass is 32.2. The van der Waals surface area contributed by atoms with Crippen molar-refractivity contribution in [2.45, 2.75) is 6.92 Å². The Hall–Kier alpha value is -3.21. The van der Waals surface area contributed by atoms with Gasteiger partial charge in [0.1, 0.15) is 11.6 Å². The smallest absolute Gasteiger partial charge is 0.348 e. The lowest BCUT2D eigenvalue weighted by atomic mass is 10.1. The van der Waals surface area contributed by atoms with E-state index in [2.05, 4.69) is 0 Å². The highest BCUT2D eigenvalue weighted by Gasteiger charge is 2.33. The van der Waals surface area contributed by atoms with Crippen molar-refractivity contribution < 1.29 is 14.3 Å². The summed E-state index contributed by atoms with van der Waals surface area (Å²) in [6.07, 6.45) is 3.24. The minimum absolute atomic E-state index is 0.0664. The number of hydrogen-bond donors (Lipinski definition) is 0. The summed E-state index contributed by atoms with van der Waals surface area (Å²) in [5.74, 6) is -0.812. The van der Waals surface area contributed by atoms with Crippen molar-refractivity contribution in [1.29, 1.82) is 5.26 Å². The number of amides is 1. The summed E-state index contributed by atoms with van der Waals surface area (Å²) in [7, 11) is 0. The van der Waals surface area contributed by atoms with Crippen LogP contribution >= 0.6 is 24.0 Å². The summed E-state index contributed by atoms with van der Waals surface area (Å²) in [6, 6.07) is 18.3. The Labute approximate surface area is 178 Å². The lowest BCUT2D eigenvalue weighted by molar-refractivity contribution is -0.137. The summed E-state index contributed by atoms with van der Waals surface area (Å²) in [4.78, 5) is 26.5. The number of benzene rings is 2. The van der Waals surface area contributed by atoms with Gasteiger partial charge in [0, 0.05) is 0 Å². The predicted octanol–water partition coefficient (Wildman–Crippen LogP) is 4.56. The maximum atomic E-state index is 12.8. The molecule has 7 heteroatoms. The molecule has 2 aromatic carbocycles. The maximum absolute atomic E-state index is 12.8. The molecule has 0 atom stereocenters. The highest BCUT2D eigenvalue weighted by molar-refractivity contribution is 8.27. The lowest BCUT2D eigenvalue weighted by Crippen LogP contribution is -2.27. The average molecular weight is 421 g/mol. The topological polar surface area (TPSA) is 70.4 Å². The molecule has 0 N–H and O–H groups in total. The maximum Gasteiger partial charge on any atom is 0.348 e. The van der Waals surface area contributed by atoms with Crippen LogP contribution in [0.2, 0.25) is 0 Å². The van der Waals surface area contributed by atoms with Crippen molar-refractivity contribution in [3.05, 3.63) is 76.2 Å². The monoisotopic (exact) mass is 420 g/mol. The van der Waals surface area contributed by atoms with Gasteiger partial charge in [-0.2, -0.15) is 5.26 Å². The number of hydrogen-bond acceptors (Lipinski definition) is 6. The van der Waals surface area contributed by atoms with E-state index in [1.165, 1.54) is 22.7 Å². The Morgan fingerprint density at radius 1 is 1.17 bits per heavy atom. The third kappa shape index (κ3) is 4.80. The molecule has 1 amide bonds. The Morgan fingerprint density at radius 2 is 1.83 bits per heavy atom. The summed E-state index contributed by atoms with van der Waals surface area (Å²) < 4.78 is 5.34. The van der Waals surface area contributed by atoms with Crippen molar-refractivity contribution in [2.24, 2.45) is 0 Å². The average Bonchev–Trinajstić information content (AvgIpc) is 3.01. The fourth-order valence-electron chi connectivity index (χ4n) is 2.62. The van der Waals surface area contributed by atoms with Crippen LogP contribution in [0, 0.1) is 11.3 Å². The molecule has 0 radical (unpaired) electrons. The van der Waals surface area contributed by atoms with Gasteiger partial charge in [0.25, 0.3) is 5.91 Å². The van der Waals surface area contributed by atoms with Crippen LogP contribution in [-0.4, -0.2) is 22.8 Å². The quantitative estimate of drug-likeness (QED) is 0.306. The molecule has 0 saturated carbocycles. The number of para-hydroxylation sites is 1. The Bertz CT molecular complexity index is 1050. The van der Waals surface area contributed by atoms with Gasteiger partial charge >= 0.3 is 5.97 Å². The number of rotatable bonds is 5. The molecule has 1 fully saturated rings. The van der Waals surface area contributed by atoms with Crippen LogP contribution in [0.3, 0.4) is 0 Å². The summed E-state index contributed by atoms with van der Waals surface area (Å²) in [5.41, 5.74) is 2.17. The molecule has 0 bridgehead atoms. The van der Waals surface area contributed by atoms with Crippen molar-refractivity contribution in [3.8, 4) is 6.07 Å². The van der Waals surface area contributed by atoms with E-state index in [1.54, 1.807) is 37.3 Å². The lowest BCUT2D eigenvalue weighted by Gasteiger charge is -2.13. The van der Waals surface area contributed by atoms with Gasteiger partial charge in [-0.15, -0.1) is 0 Å². The third-order valence-electron chi connectivity index (χ3n) is 3.97. The van der Waals surface area contributed by atoms with Crippen molar-refractivity contribution in [3.63, 3.8) is 0 Å². The van der Waals surface area contributed by atoms with Crippen LogP contribution in [0.5, 0.6) is 0 Å². The van der Waals surface area contributed by atoms with E-state index >= 15 is 0 Å². The predicted molar refractivity (Wildman–Crippen MR) is 119 cm³/mol. The van der Waals surface area contributed by atoms with E-state index in [1.807, 2.05) is 36.4 Å². The normalized spacial score (nSPS) is 15.5. The molecule has 0 aliphatic carbocycles. The fourth-order valence-corrected chi connectivity index (χ4v) is 3.92. The zero-order valence-electron chi connectivity index (χ0n) is 15.5. The van der Waals surface area contributed by atoms with Gasteiger partial charge in [-0.05, 0) is 42.3 Å². The molecule has 1 heterocycles. The van der Waals surface area contributed by atoms with Crippen molar-refractivity contribution in [2.75, 3.05) is 11.5 Å². The molecule has 5 nitrogen and oxygen atoms in total.